The van der Waals surface area contributed by atoms with Gasteiger partial charge in [0.05, 0.1) is 31.3 Å². The maximum Gasteiger partial charge on any atom is 0.246 e. The number of likely N-dealkylation sites (tertiary alicyclic amines) is 1. The van der Waals surface area contributed by atoms with Crippen molar-refractivity contribution in [1.29, 1.82) is 5.26 Å². The van der Waals surface area contributed by atoms with Crippen LogP contribution in [0.5, 0.6) is 0 Å². The van der Waals surface area contributed by atoms with Crippen molar-refractivity contribution in [3.63, 3.8) is 0 Å². The van der Waals surface area contributed by atoms with Crippen LogP contribution in [0.4, 0.5) is 0 Å². The number of carbonyl (C=O) groups is 1. The summed E-state index contributed by atoms with van der Waals surface area (Å²) in [6, 6.07) is 12.2. The molecule has 6 rings (SSSR count). The van der Waals surface area contributed by atoms with Crippen molar-refractivity contribution in [2.45, 2.75) is 93.8 Å². The largest absolute Gasteiger partial charge is 0.348 e. The van der Waals surface area contributed by atoms with E-state index in [0.29, 0.717) is 37.5 Å². The second-order valence-corrected chi connectivity index (χ2v) is 12.8. The quantitative estimate of drug-likeness (QED) is 0.531. The SMILES string of the molecule is C=CC(=O)N1CCN(C2NC(OC[C@@H]3CCCN3C)NC3C[C@]4(CCCc5ccccc54)CCC32)C[C@@H]1CC#N. The fourth-order valence-corrected chi connectivity index (χ4v) is 8.57. The van der Waals surface area contributed by atoms with Gasteiger partial charge in [0, 0.05) is 37.6 Å². The zero-order valence-corrected chi connectivity index (χ0v) is 24.1. The highest BCUT2D eigenvalue weighted by Gasteiger charge is 2.50. The van der Waals surface area contributed by atoms with Gasteiger partial charge in [-0.15, -0.1) is 0 Å². The minimum absolute atomic E-state index is 0.0755. The highest BCUT2D eigenvalue weighted by molar-refractivity contribution is 5.87. The Morgan fingerprint density at radius 2 is 2.05 bits per heavy atom. The van der Waals surface area contributed by atoms with Gasteiger partial charge < -0.3 is 14.5 Å². The van der Waals surface area contributed by atoms with E-state index in [4.69, 9.17) is 4.74 Å². The molecular formula is C32H46N6O2. The van der Waals surface area contributed by atoms with Gasteiger partial charge in [-0.25, -0.2) is 0 Å². The number of ether oxygens (including phenoxy) is 1. The zero-order valence-electron chi connectivity index (χ0n) is 24.1. The fraction of sp³-hybridized carbons (Fsp3) is 0.688. The molecule has 3 aliphatic heterocycles. The van der Waals surface area contributed by atoms with Gasteiger partial charge in [0.25, 0.3) is 0 Å². The van der Waals surface area contributed by atoms with Crippen molar-refractivity contribution in [1.82, 2.24) is 25.3 Å². The molecule has 0 radical (unpaired) electrons. The molecule has 216 valence electrons. The number of fused-ring (bicyclic) bond motifs is 3. The van der Waals surface area contributed by atoms with Crippen LogP contribution >= 0.6 is 0 Å². The molecule has 1 spiro atoms. The third kappa shape index (κ3) is 5.35. The van der Waals surface area contributed by atoms with E-state index in [9.17, 15) is 10.1 Å². The van der Waals surface area contributed by atoms with Crippen molar-refractivity contribution in [2.24, 2.45) is 5.92 Å². The van der Waals surface area contributed by atoms with Crippen LogP contribution in [0, 0.1) is 17.2 Å². The molecule has 1 aromatic carbocycles. The number of benzene rings is 1. The van der Waals surface area contributed by atoms with Gasteiger partial charge in [0.1, 0.15) is 0 Å². The molecule has 4 unspecified atom stereocenters. The third-order valence-electron chi connectivity index (χ3n) is 10.7. The summed E-state index contributed by atoms with van der Waals surface area (Å²) in [5.41, 5.74) is 3.35. The average molecular weight is 547 g/mol. The number of aryl methyl sites for hydroxylation is 1. The predicted molar refractivity (Wildman–Crippen MR) is 155 cm³/mol. The lowest BCUT2D eigenvalue weighted by molar-refractivity contribution is -0.136. The van der Waals surface area contributed by atoms with Crippen LogP contribution in [-0.2, 0) is 21.4 Å². The van der Waals surface area contributed by atoms with E-state index >= 15 is 0 Å². The van der Waals surface area contributed by atoms with Crippen molar-refractivity contribution >= 4 is 5.91 Å². The summed E-state index contributed by atoms with van der Waals surface area (Å²) in [6.07, 6.45) is 11.3. The lowest BCUT2D eigenvalue weighted by Crippen LogP contribution is -2.72. The molecule has 5 aliphatic rings. The highest BCUT2D eigenvalue weighted by Crippen LogP contribution is 2.50. The average Bonchev–Trinajstić information content (AvgIpc) is 3.40. The number of nitrogens with one attached hydrogen (secondary N) is 2. The monoisotopic (exact) mass is 546 g/mol. The summed E-state index contributed by atoms with van der Waals surface area (Å²) >= 11 is 0. The summed E-state index contributed by atoms with van der Waals surface area (Å²) in [7, 11) is 2.20. The van der Waals surface area contributed by atoms with E-state index in [1.807, 2.05) is 4.90 Å². The molecule has 1 saturated carbocycles. The van der Waals surface area contributed by atoms with Crippen LogP contribution in [0.15, 0.2) is 36.9 Å². The first-order valence-electron chi connectivity index (χ1n) is 15.5. The number of amides is 1. The number of nitrogens with zero attached hydrogens (tertiary/aromatic N) is 4. The Bertz CT molecular complexity index is 1120. The van der Waals surface area contributed by atoms with Gasteiger partial charge >= 0.3 is 0 Å². The molecule has 7 atom stereocenters. The van der Waals surface area contributed by atoms with Crippen molar-refractivity contribution in [3.8, 4) is 6.07 Å². The van der Waals surface area contributed by atoms with E-state index in [0.717, 1.165) is 32.5 Å². The first-order chi connectivity index (χ1) is 19.5. The number of hydrogen-bond acceptors (Lipinski definition) is 7. The second kappa shape index (κ2) is 11.9. The first kappa shape index (κ1) is 27.9. The van der Waals surface area contributed by atoms with Crippen LogP contribution in [0.2, 0.25) is 0 Å². The topological polar surface area (TPSA) is 83.9 Å². The molecule has 2 aliphatic carbocycles. The van der Waals surface area contributed by atoms with Crippen molar-refractivity contribution in [2.75, 3.05) is 39.8 Å². The van der Waals surface area contributed by atoms with Crippen LogP contribution < -0.4 is 10.6 Å². The highest BCUT2D eigenvalue weighted by atomic mass is 16.5. The Morgan fingerprint density at radius 3 is 2.85 bits per heavy atom. The molecule has 3 heterocycles. The van der Waals surface area contributed by atoms with Crippen LogP contribution in [0.3, 0.4) is 0 Å². The Hall–Kier alpha value is -2.28. The maximum absolute atomic E-state index is 12.6. The number of carbonyl (C=O) groups excluding carboxylic acids is 1. The summed E-state index contributed by atoms with van der Waals surface area (Å²) in [5, 5.41) is 17.3. The lowest BCUT2D eigenvalue weighted by atomic mass is 9.58. The van der Waals surface area contributed by atoms with Crippen molar-refractivity contribution in [3.05, 3.63) is 48.0 Å². The van der Waals surface area contributed by atoms with Gasteiger partial charge in [0.15, 0.2) is 6.35 Å². The van der Waals surface area contributed by atoms with Gasteiger partial charge in [-0.3, -0.25) is 20.3 Å². The Balaban J connectivity index is 1.23. The van der Waals surface area contributed by atoms with Gasteiger partial charge in [-0.1, -0.05) is 30.8 Å². The molecule has 0 aromatic heterocycles. The Morgan fingerprint density at radius 1 is 1.18 bits per heavy atom. The van der Waals surface area contributed by atoms with E-state index in [2.05, 4.69) is 64.4 Å². The Labute approximate surface area is 239 Å². The summed E-state index contributed by atoms with van der Waals surface area (Å²) in [6.45, 7) is 7.65. The predicted octanol–water partition coefficient (Wildman–Crippen LogP) is 2.96. The maximum atomic E-state index is 12.6. The number of hydrogen-bond donors (Lipinski definition) is 2. The first-order valence-corrected chi connectivity index (χ1v) is 15.5. The molecule has 1 aromatic rings. The Kier molecular flexibility index (Phi) is 8.30. The third-order valence-corrected chi connectivity index (χ3v) is 10.7. The van der Waals surface area contributed by atoms with E-state index in [-0.39, 0.29) is 29.9 Å². The lowest BCUT2D eigenvalue weighted by Gasteiger charge is -2.56. The van der Waals surface area contributed by atoms with Gasteiger partial charge in [-0.2, -0.15) is 5.26 Å². The molecule has 2 N–H and O–H groups in total. The van der Waals surface area contributed by atoms with Crippen LogP contribution in [0.25, 0.3) is 0 Å². The van der Waals surface area contributed by atoms with Crippen molar-refractivity contribution < 1.29 is 9.53 Å². The normalized spacial score (nSPS) is 36.5. The number of piperazine rings is 1. The smallest absolute Gasteiger partial charge is 0.246 e. The van der Waals surface area contributed by atoms with Crippen LogP contribution in [-0.4, -0.2) is 91.1 Å². The standard InChI is InChI=1S/C32H46N6O2/c1-3-29(39)38-19-18-37(21-24(38)13-16-33)30-26-12-15-32(14-6-9-23-8-4-5-11-27(23)32)20-28(26)34-31(35-30)40-22-25-10-7-17-36(25)2/h3-5,8,11,24-26,28,30-31,34-35H,1,6-7,9-10,12-15,17-22H2,2H3/t24-,25-,26?,28?,30?,31?,32-/m0/s1. The molecular weight excluding hydrogens is 500 g/mol. The van der Waals surface area contributed by atoms with Gasteiger partial charge in [0.2, 0.25) is 5.91 Å². The molecule has 8 nitrogen and oxygen atoms in total. The fourth-order valence-electron chi connectivity index (χ4n) is 8.57. The molecule has 0 bridgehead atoms. The number of likely N-dealkylation sites (N-methyl/N-ethyl adjacent to an activating group) is 1. The molecule has 8 heteroatoms. The van der Waals surface area contributed by atoms with E-state index in [1.165, 1.54) is 50.2 Å². The summed E-state index contributed by atoms with van der Waals surface area (Å²) in [4.78, 5) is 19.3. The van der Waals surface area contributed by atoms with Gasteiger partial charge in [-0.05, 0) is 87.6 Å². The summed E-state index contributed by atoms with van der Waals surface area (Å²) in [5.74, 6) is 0.367. The zero-order chi connectivity index (χ0) is 27.7. The number of rotatable bonds is 6. The molecule has 40 heavy (non-hydrogen) atoms. The summed E-state index contributed by atoms with van der Waals surface area (Å²) < 4.78 is 6.58. The van der Waals surface area contributed by atoms with Crippen LogP contribution in [0.1, 0.15) is 62.5 Å². The van der Waals surface area contributed by atoms with E-state index in [1.54, 1.807) is 5.56 Å². The minimum atomic E-state index is -0.212. The molecule has 3 saturated heterocycles. The molecule has 4 fully saturated rings. The van der Waals surface area contributed by atoms with E-state index < -0.39 is 0 Å². The molecule has 1 amide bonds. The number of nitriles is 1. The second-order valence-electron chi connectivity index (χ2n) is 12.8. The minimum Gasteiger partial charge on any atom is -0.348 e.